The Balaban J connectivity index is 1.76. The van der Waals surface area contributed by atoms with Gasteiger partial charge in [0, 0.05) is 25.7 Å². The van der Waals surface area contributed by atoms with Crippen LogP contribution in [0.1, 0.15) is 43.0 Å². The van der Waals surface area contributed by atoms with Crippen molar-refractivity contribution in [3.8, 4) is 0 Å². The number of likely N-dealkylation sites (N-methyl/N-ethyl adjacent to an activating group) is 1. The van der Waals surface area contributed by atoms with Crippen molar-refractivity contribution in [1.82, 2.24) is 9.69 Å². The lowest BCUT2D eigenvalue weighted by Crippen LogP contribution is -2.34. The fraction of sp³-hybridized carbons (Fsp3) is 0.714. The fourth-order valence-corrected chi connectivity index (χ4v) is 3.48. The second-order valence-electron chi connectivity index (χ2n) is 5.67. The quantitative estimate of drug-likeness (QED) is 0.834. The zero-order valence-corrected chi connectivity index (χ0v) is 13.1. The van der Waals surface area contributed by atoms with Gasteiger partial charge in [0.2, 0.25) is 0 Å². The number of amides is 1. The van der Waals surface area contributed by atoms with Crippen LogP contribution in [-0.4, -0.2) is 42.1 Å². The number of hydrogen-bond acceptors (Lipinski definition) is 6. The van der Waals surface area contributed by atoms with Crippen LogP contribution in [0.5, 0.6) is 0 Å². The van der Waals surface area contributed by atoms with E-state index in [1.165, 1.54) is 11.5 Å². The van der Waals surface area contributed by atoms with Gasteiger partial charge in [0.05, 0.1) is 6.10 Å². The highest BCUT2D eigenvalue weighted by Crippen LogP contribution is 2.32. The molecule has 1 aliphatic carbocycles. The number of ether oxygens (including phenoxy) is 1. The molecule has 1 unspecified atom stereocenters. The summed E-state index contributed by atoms with van der Waals surface area (Å²) in [6, 6.07) is 0.317. The van der Waals surface area contributed by atoms with Crippen molar-refractivity contribution in [2.45, 2.75) is 44.8 Å². The topological polar surface area (TPSA) is 80.5 Å². The third-order valence-electron chi connectivity index (χ3n) is 3.96. The smallest absolute Gasteiger partial charge is 0.258 e. The summed E-state index contributed by atoms with van der Waals surface area (Å²) in [7, 11) is 0. The zero-order chi connectivity index (χ0) is 14.8. The molecule has 7 heteroatoms. The van der Waals surface area contributed by atoms with E-state index >= 15 is 0 Å². The monoisotopic (exact) mass is 310 g/mol. The third kappa shape index (κ3) is 3.29. The van der Waals surface area contributed by atoms with E-state index in [9.17, 15) is 4.79 Å². The molecule has 1 amide bonds. The van der Waals surface area contributed by atoms with Crippen molar-refractivity contribution >= 4 is 28.3 Å². The minimum Gasteiger partial charge on any atom is -0.382 e. The summed E-state index contributed by atoms with van der Waals surface area (Å²) >= 11 is 1.30. The molecule has 3 rings (SSSR count). The summed E-state index contributed by atoms with van der Waals surface area (Å²) in [4.78, 5) is 14.5. The van der Waals surface area contributed by atoms with Gasteiger partial charge in [-0.25, -0.2) is 0 Å². The molecule has 0 spiro atoms. The first kappa shape index (κ1) is 14.6. The van der Waals surface area contributed by atoms with E-state index in [4.69, 9.17) is 10.5 Å². The molecule has 3 N–H and O–H groups in total. The molecule has 2 heterocycles. The summed E-state index contributed by atoms with van der Waals surface area (Å²) in [6.07, 6.45) is 4.56. The Kier molecular flexibility index (Phi) is 4.30. The predicted molar refractivity (Wildman–Crippen MR) is 83.9 cm³/mol. The molecule has 1 aromatic heterocycles. The Morgan fingerprint density at radius 3 is 2.95 bits per heavy atom. The maximum Gasteiger partial charge on any atom is 0.258 e. The molecule has 6 nitrogen and oxygen atoms in total. The van der Waals surface area contributed by atoms with E-state index in [-0.39, 0.29) is 12.0 Å². The lowest BCUT2D eigenvalue weighted by atomic mass is 10.2. The van der Waals surface area contributed by atoms with Gasteiger partial charge in [-0.05, 0) is 44.1 Å². The Morgan fingerprint density at radius 2 is 2.33 bits per heavy atom. The first-order valence-corrected chi connectivity index (χ1v) is 8.39. The lowest BCUT2D eigenvalue weighted by Gasteiger charge is -2.25. The van der Waals surface area contributed by atoms with Gasteiger partial charge >= 0.3 is 0 Å². The highest BCUT2D eigenvalue weighted by Gasteiger charge is 2.30. The summed E-state index contributed by atoms with van der Waals surface area (Å²) in [6.45, 7) is 4.52. The first-order chi connectivity index (χ1) is 10.2. The van der Waals surface area contributed by atoms with Crippen LogP contribution in [0, 0.1) is 0 Å². The highest BCUT2D eigenvalue weighted by atomic mass is 32.1. The van der Waals surface area contributed by atoms with Crippen LogP contribution in [0.3, 0.4) is 0 Å². The van der Waals surface area contributed by atoms with Gasteiger partial charge in [0.15, 0.2) is 5.82 Å². The summed E-state index contributed by atoms with van der Waals surface area (Å²) in [5.41, 5.74) is 6.45. The molecule has 1 aromatic rings. The van der Waals surface area contributed by atoms with Crippen LogP contribution in [0.2, 0.25) is 0 Å². The molecule has 1 aliphatic heterocycles. The van der Waals surface area contributed by atoms with Crippen LogP contribution >= 0.6 is 11.5 Å². The molecule has 1 atom stereocenters. The number of aromatic nitrogens is 1. The maximum absolute atomic E-state index is 12.4. The van der Waals surface area contributed by atoms with Gasteiger partial charge in [-0.1, -0.05) is 0 Å². The number of rotatable bonds is 6. The lowest BCUT2D eigenvalue weighted by molar-refractivity contribution is 0.0951. The summed E-state index contributed by atoms with van der Waals surface area (Å²) < 4.78 is 9.88. The third-order valence-corrected chi connectivity index (χ3v) is 4.88. The molecule has 0 radical (unpaired) electrons. The molecule has 116 valence electrons. The number of anilines is 2. The van der Waals surface area contributed by atoms with Crippen LogP contribution in [-0.2, 0) is 4.74 Å². The Hall–Kier alpha value is -1.34. The van der Waals surface area contributed by atoms with Crippen LogP contribution in [0.25, 0.3) is 0 Å². The van der Waals surface area contributed by atoms with Crippen molar-refractivity contribution in [3.63, 3.8) is 0 Å². The maximum atomic E-state index is 12.4. The van der Waals surface area contributed by atoms with E-state index in [0.29, 0.717) is 17.4 Å². The number of hydrogen-bond donors (Lipinski definition) is 2. The first-order valence-electron chi connectivity index (χ1n) is 7.61. The van der Waals surface area contributed by atoms with Gasteiger partial charge in [-0.2, -0.15) is 4.37 Å². The van der Waals surface area contributed by atoms with Gasteiger partial charge in [-0.15, -0.1) is 0 Å². The minimum absolute atomic E-state index is 0.0930. The Morgan fingerprint density at radius 1 is 1.52 bits per heavy atom. The standard InChI is InChI=1S/C14H22N4O2S/c1-2-18(8-10-4-3-7-20-10)14-11(12(15)17-21-14)13(19)16-9-5-6-9/h9-10H,2-8H2,1H3,(H2,15,17)(H,16,19). The molecular weight excluding hydrogens is 288 g/mol. The van der Waals surface area contributed by atoms with Gasteiger partial charge in [0.1, 0.15) is 10.6 Å². The summed E-state index contributed by atoms with van der Waals surface area (Å²) in [5, 5.41) is 3.86. The van der Waals surface area contributed by atoms with E-state index in [0.717, 1.165) is 50.4 Å². The van der Waals surface area contributed by atoms with E-state index in [1.54, 1.807) is 0 Å². The number of nitrogen functional groups attached to an aromatic ring is 1. The second-order valence-corrected chi connectivity index (χ2v) is 6.42. The highest BCUT2D eigenvalue weighted by molar-refractivity contribution is 7.11. The fourth-order valence-electron chi connectivity index (χ4n) is 2.60. The zero-order valence-electron chi connectivity index (χ0n) is 12.3. The van der Waals surface area contributed by atoms with Crippen molar-refractivity contribution in [3.05, 3.63) is 5.56 Å². The normalized spacial score (nSPS) is 21.5. The van der Waals surface area contributed by atoms with Crippen LogP contribution < -0.4 is 16.0 Å². The Bertz CT molecular complexity index is 509. The van der Waals surface area contributed by atoms with E-state index in [2.05, 4.69) is 21.5 Å². The average Bonchev–Trinajstić information content (AvgIpc) is 2.99. The molecule has 21 heavy (non-hydrogen) atoms. The molecule has 1 saturated heterocycles. The number of carbonyl (C=O) groups excluding carboxylic acids is 1. The van der Waals surface area contributed by atoms with E-state index < -0.39 is 0 Å². The molecular formula is C14H22N4O2S. The summed E-state index contributed by atoms with van der Waals surface area (Å²) in [5.74, 6) is 0.239. The number of nitrogens with one attached hydrogen (secondary N) is 1. The van der Waals surface area contributed by atoms with Gasteiger partial charge in [-0.3, -0.25) is 4.79 Å². The minimum atomic E-state index is -0.0930. The van der Waals surface area contributed by atoms with E-state index in [1.807, 2.05) is 0 Å². The van der Waals surface area contributed by atoms with Gasteiger partial charge in [0.25, 0.3) is 5.91 Å². The number of carbonyl (C=O) groups is 1. The molecule has 0 bridgehead atoms. The van der Waals surface area contributed by atoms with Crippen molar-refractivity contribution < 1.29 is 9.53 Å². The molecule has 2 fully saturated rings. The van der Waals surface area contributed by atoms with Crippen molar-refractivity contribution in [2.75, 3.05) is 30.3 Å². The van der Waals surface area contributed by atoms with Crippen LogP contribution in [0.4, 0.5) is 10.8 Å². The molecule has 0 aromatic carbocycles. The Labute approximate surface area is 128 Å². The van der Waals surface area contributed by atoms with Crippen molar-refractivity contribution in [2.24, 2.45) is 0 Å². The molecule has 1 saturated carbocycles. The van der Waals surface area contributed by atoms with Crippen LogP contribution in [0.15, 0.2) is 0 Å². The van der Waals surface area contributed by atoms with Crippen molar-refractivity contribution in [1.29, 1.82) is 0 Å². The SMILES string of the molecule is CCN(CC1CCCO1)c1snc(N)c1C(=O)NC1CC1. The molecule has 2 aliphatic rings. The number of nitrogens with two attached hydrogens (primary N) is 1. The largest absolute Gasteiger partial charge is 0.382 e. The second kappa shape index (κ2) is 6.19. The average molecular weight is 310 g/mol. The van der Waals surface area contributed by atoms with Gasteiger partial charge < -0.3 is 20.7 Å². The number of nitrogens with zero attached hydrogens (tertiary/aromatic N) is 2. The predicted octanol–water partition coefficient (Wildman–Crippen LogP) is 1.62.